The second-order valence-electron chi connectivity index (χ2n) is 6.61. The Kier molecular flexibility index (Phi) is 7.48. The Labute approximate surface area is 179 Å². The first kappa shape index (κ1) is 22.3. The van der Waals surface area contributed by atoms with E-state index in [0.29, 0.717) is 26.1 Å². The number of nitrogens with two attached hydrogens (primary N) is 1. The van der Waals surface area contributed by atoms with Gasteiger partial charge in [-0.25, -0.2) is 18.5 Å². The van der Waals surface area contributed by atoms with E-state index < -0.39 is 10.0 Å². The fourth-order valence-corrected chi connectivity index (χ4v) is 4.32. The lowest BCUT2D eigenvalue weighted by molar-refractivity contribution is -0.118. The molecular formula is C20H24N4O4S2. The van der Waals surface area contributed by atoms with E-state index in [-0.39, 0.29) is 16.6 Å². The van der Waals surface area contributed by atoms with Gasteiger partial charge in [0.1, 0.15) is 0 Å². The number of carbonyl (C=O) groups excluding carboxylic acids is 1. The number of amides is 1. The summed E-state index contributed by atoms with van der Waals surface area (Å²) in [6, 6.07) is 14.2. The number of methoxy groups -OCH3 is 1. The van der Waals surface area contributed by atoms with E-state index in [2.05, 4.69) is 14.9 Å². The molecule has 0 aliphatic heterocycles. The highest BCUT2D eigenvalue weighted by Crippen LogP contribution is 2.23. The summed E-state index contributed by atoms with van der Waals surface area (Å²) in [6.45, 7) is 1.67. The number of hydrogen-bond donors (Lipinski definition) is 2. The van der Waals surface area contributed by atoms with E-state index in [1.54, 1.807) is 19.2 Å². The predicted molar refractivity (Wildman–Crippen MR) is 117 cm³/mol. The average molecular weight is 449 g/mol. The zero-order valence-electron chi connectivity index (χ0n) is 16.6. The molecule has 0 atom stereocenters. The maximum Gasteiger partial charge on any atom is 0.238 e. The summed E-state index contributed by atoms with van der Waals surface area (Å²) in [4.78, 5) is 16.9. The Balaban J connectivity index is 1.52. The number of nitrogens with zero attached hydrogens (tertiary/aromatic N) is 2. The lowest BCUT2D eigenvalue weighted by atomic mass is 10.1. The maximum atomic E-state index is 12.2. The SMILES string of the molecule is COCCn1c(SCC(=O)NCCc2ccc(S(N)(=O)=O)cc2)nc2ccccc21. The lowest BCUT2D eigenvalue weighted by Crippen LogP contribution is -2.27. The largest absolute Gasteiger partial charge is 0.383 e. The first-order chi connectivity index (χ1) is 14.4. The van der Waals surface area contributed by atoms with Gasteiger partial charge >= 0.3 is 0 Å². The van der Waals surface area contributed by atoms with Gasteiger partial charge < -0.3 is 14.6 Å². The maximum absolute atomic E-state index is 12.2. The topological polar surface area (TPSA) is 116 Å². The first-order valence-corrected chi connectivity index (χ1v) is 11.9. The molecule has 3 N–H and O–H groups in total. The van der Waals surface area contributed by atoms with E-state index in [1.165, 1.54) is 23.9 Å². The quantitative estimate of drug-likeness (QED) is 0.457. The molecule has 160 valence electrons. The molecule has 8 nitrogen and oxygen atoms in total. The number of sulfonamides is 1. The number of ether oxygens (including phenoxy) is 1. The van der Waals surface area contributed by atoms with Crippen molar-refractivity contribution in [1.29, 1.82) is 0 Å². The highest BCUT2D eigenvalue weighted by Gasteiger charge is 2.13. The summed E-state index contributed by atoms with van der Waals surface area (Å²) < 4.78 is 29.8. The third-order valence-corrected chi connectivity index (χ3v) is 6.36. The predicted octanol–water partition coefficient (Wildman–Crippen LogP) is 1.78. The number of carbonyl (C=O) groups is 1. The number of imidazole rings is 1. The highest BCUT2D eigenvalue weighted by molar-refractivity contribution is 7.99. The van der Waals surface area contributed by atoms with Gasteiger partial charge in [-0.3, -0.25) is 4.79 Å². The van der Waals surface area contributed by atoms with Crippen LogP contribution >= 0.6 is 11.8 Å². The van der Waals surface area contributed by atoms with Gasteiger partial charge in [0.05, 0.1) is 28.3 Å². The zero-order chi connectivity index (χ0) is 21.6. The van der Waals surface area contributed by atoms with Crippen LogP contribution in [0.1, 0.15) is 5.56 Å². The molecule has 1 aromatic heterocycles. The van der Waals surface area contributed by atoms with Crippen LogP contribution in [-0.4, -0.2) is 49.9 Å². The zero-order valence-corrected chi connectivity index (χ0v) is 18.2. The summed E-state index contributed by atoms with van der Waals surface area (Å²) in [7, 11) is -2.04. The molecule has 0 saturated carbocycles. The minimum absolute atomic E-state index is 0.0723. The van der Waals surface area contributed by atoms with E-state index in [0.717, 1.165) is 21.8 Å². The number of hydrogen-bond acceptors (Lipinski definition) is 6. The fourth-order valence-electron chi connectivity index (χ4n) is 2.94. The van der Waals surface area contributed by atoms with Crippen molar-refractivity contribution in [1.82, 2.24) is 14.9 Å². The van der Waals surface area contributed by atoms with Crippen LogP contribution in [0.4, 0.5) is 0 Å². The second kappa shape index (κ2) is 10.1. The van der Waals surface area contributed by atoms with Crippen LogP contribution in [0, 0.1) is 0 Å². The molecule has 0 aliphatic carbocycles. The van der Waals surface area contributed by atoms with Crippen LogP contribution in [0.3, 0.4) is 0 Å². The van der Waals surface area contributed by atoms with Crippen molar-refractivity contribution in [3.8, 4) is 0 Å². The van der Waals surface area contributed by atoms with Gasteiger partial charge in [0.15, 0.2) is 5.16 Å². The molecular weight excluding hydrogens is 424 g/mol. The standard InChI is InChI=1S/C20H24N4O4S2/c1-28-13-12-24-18-5-3-2-4-17(18)23-20(24)29-14-19(25)22-11-10-15-6-8-16(9-7-15)30(21,26)27/h2-9H,10-14H2,1H3,(H,22,25)(H2,21,26,27). The van der Waals surface area contributed by atoms with Crippen LogP contribution < -0.4 is 10.5 Å². The third kappa shape index (κ3) is 5.82. The van der Waals surface area contributed by atoms with Gasteiger partial charge in [-0.2, -0.15) is 0 Å². The fraction of sp³-hybridized carbons (Fsp3) is 0.300. The molecule has 30 heavy (non-hydrogen) atoms. The number of fused-ring (bicyclic) bond motifs is 1. The molecule has 0 saturated heterocycles. The molecule has 0 bridgehead atoms. The minimum atomic E-state index is -3.69. The van der Waals surface area contributed by atoms with E-state index >= 15 is 0 Å². The molecule has 3 rings (SSSR count). The van der Waals surface area contributed by atoms with Crippen LogP contribution in [0.25, 0.3) is 11.0 Å². The van der Waals surface area contributed by atoms with Crippen molar-refractivity contribution in [2.24, 2.45) is 5.14 Å². The van der Waals surface area contributed by atoms with Gasteiger partial charge in [0.25, 0.3) is 0 Å². The third-order valence-electron chi connectivity index (χ3n) is 4.46. The molecule has 10 heteroatoms. The molecule has 2 aromatic carbocycles. The van der Waals surface area contributed by atoms with Crippen molar-refractivity contribution in [3.63, 3.8) is 0 Å². The molecule has 1 amide bonds. The Hall–Kier alpha value is -2.40. The monoisotopic (exact) mass is 448 g/mol. The summed E-state index contributed by atoms with van der Waals surface area (Å²) in [6.07, 6.45) is 0.591. The molecule has 0 aliphatic rings. The first-order valence-electron chi connectivity index (χ1n) is 9.34. The minimum Gasteiger partial charge on any atom is -0.383 e. The number of primary sulfonamides is 1. The van der Waals surface area contributed by atoms with Crippen molar-refractivity contribution < 1.29 is 17.9 Å². The van der Waals surface area contributed by atoms with Gasteiger partial charge in [-0.15, -0.1) is 0 Å². The number of benzene rings is 2. The molecule has 0 fully saturated rings. The Bertz CT molecular complexity index is 1110. The van der Waals surface area contributed by atoms with E-state index in [4.69, 9.17) is 9.88 Å². The van der Waals surface area contributed by atoms with Crippen LogP contribution in [0.5, 0.6) is 0 Å². The molecule has 0 unspecified atom stereocenters. The molecule has 3 aromatic rings. The normalized spacial score (nSPS) is 11.7. The molecule has 0 radical (unpaired) electrons. The number of thioether (sulfide) groups is 1. The van der Waals surface area contributed by atoms with E-state index in [9.17, 15) is 13.2 Å². The Morgan fingerprint density at radius 1 is 1.20 bits per heavy atom. The summed E-state index contributed by atoms with van der Waals surface area (Å²) in [5.41, 5.74) is 2.82. The van der Waals surface area contributed by atoms with Gasteiger partial charge in [0, 0.05) is 20.2 Å². The molecule has 0 spiro atoms. The Morgan fingerprint density at radius 3 is 2.63 bits per heavy atom. The summed E-state index contributed by atoms with van der Waals surface area (Å²) in [5.74, 6) is 0.159. The summed E-state index contributed by atoms with van der Waals surface area (Å²) in [5, 5.41) is 8.75. The number of nitrogens with one attached hydrogen (secondary N) is 1. The van der Waals surface area contributed by atoms with Gasteiger partial charge in [-0.05, 0) is 36.2 Å². The van der Waals surface area contributed by atoms with Crippen LogP contribution in [0.15, 0.2) is 58.6 Å². The van der Waals surface area contributed by atoms with Gasteiger partial charge in [-0.1, -0.05) is 36.0 Å². The van der Waals surface area contributed by atoms with Crippen molar-refractivity contribution in [2.75, 3.05) is 26.0 Å². The Morgan fingerprint density at radius 2 is 1.93 bits per heavy atom. The smallest absolute Gasteiger partial charge is 0.238 e. The van der Waals surface area contributed by atoms with Crippen molar-refractivity contribution >= 4 is 38.7 Å². The van der Waals surface area contributed by atoms with Crippen LogP contribution in [-0.2, 0) is 32.5 Å². The summed E-state index contributed by atoms with van der Waals surface area (Å²) >= 11 is 1.39. The van der Waals surface area contributed by atoms with Crippen molar-refractivity contribution in [2.45, 2.75) is 23.0 Å². The number of para-hydroxylation sites is 2. The van der Waals surface area contributed by atoms with Crippen molar-refractivity contribution in [3.05, 3.63) is 54.1 Å². The van der Waals surface area contributed by atoms with E-state index in [1.807, 2.05) is 24.3 Å². The van der Waals surface area contributed by atoms with Gasteiger partial charge in [0.2, 0.25) is 15.9 Å². The molecule has 1 heterocycles. The highest BCUT2D eigenvalue weighted by atomic mass is 32.2. The average Bonchev–Trinajstić information content (AvgIpc) is 3.08. The number of aromatic nitrogens is 2. The lowest BCUT2D eigenvalue weighted by Gasteiger charge is -2.09. The second-order valence-corrected chi connectivity index (χ2v) is 9.11. The number of rotatable bonds is 10. The van der Waals surface area contributed by atoms with Crippen LogP contribution in [0.2, 0.25) is 0 Å².